The first-order valence-corrected chi connectivity index (χ1v) is 11.1. The number of benzene rings is 2. The summed E-state index contributed by atoms with van der Waals surface area (Å²) in [6, 6.07) is 20.1. The maximum absolute atomic E-state index is 13.5. The van der Waals surface area contributed by atoms with Crippen molar-refractivity contribution in [3.63, 3.8) is 0 Å². The molecule has 1 amide bonds. The van der Waals surface area contributed by atoms with Crippen LogP contribution in [0.15, 0.2) is 71.6 Å². The molecule has 1 N–H and O–H groups in total. The molecule has 29 heavy (non-hydrogen) atoms. The Morgan fingerprint density at radius 2 is 1.76 bits per heavy atom. The van der Waals surface area contributed by atoms with Gasteiger partial charge in [0.15, 0.2) is 0 Å². The van der Waals surface area contributed by atoms with E-state index in [0.717, 1.165) is 51.4 Å². The van der Waals surface area contributed by atoms with Gasteiger partial charge in [0.05, 0.1) is 17.3 Å². The normalized spacial score (nSPS) is 13.6. The van der Waals surface area contributed by atoms with E-state index in [-0.39, 0.29) is 11.9 Å². The smallest absolute Gasteiger partial charge is 0.253 e. The van der Waals surface area contributed by atoms with Gasteiger partial charge in [0, 0.05) is 21.7 Å². The van der Waals surface area contributed by atoms with Crippen LogP contribution in [0.1, 0.15) is 46.6 Å². The Kier molecular flexibility index (Phi) is 5.81. The van der Waals surface area contributed by atoms with Crippen LogP contribution in [0, 0.1) is 0 Å². The van der Waals surface area contributed by atoms with Crippen molar-refractivity contribution in [2.75, 3.05) is 6.26 Å². The number of aryl methyl sites for hydroxylation is 1. The number of fused-ring (bicyclic) bond motifs is 1. The van der Waals surface area contributed by atoms with Crippen molar-refractivity contribution in [2.24, 2.45) is 0 Å². The van der Waals surface area contributed by atoms with Gasteiger partial charge in [-0.05, 0) is 31.6 Å². The lowest BCUT2D eigenvalue weighted by Crippen LogP contribution is -2.28. The molecule has 0 aliphatic heterocycles. The minimum Gasteiger partial charge on any atom is -0.345 e. The fraction of sp³-hybridized carbons (Fsp3) is 0.200. The van der Waals surface area contributed by atoms with Gasteiger partial charge in [-0.25, -0.2) is 0 Å². The Balaban J connectivity index is 1.81. The molecule has 3 nitrogen and oxygen atoms in total. The molecule has 1 aliphatic carbocycles. The standard InChI is InChI=1S/C25H24N2OS/c1-17(18-11-5-3-6-12-18)26-25(28)22-20-15-9-10-16-21(20)27-23(24(22)29-2)19-13-7-4-8-14-19/h3-9,11-15,17H,10,16H2,1-2H3,(H,26,28)/t17-/m0/s1. The highest BCUT2D eigenvalue weighted by atomic mass is 32.2. The van der Waals surface area contributed by atoms with E-state index in [2.05, 4.69) is 29.6 Å². The summed E-state index contributed by atoms with van der Waals surface area (Å²) in [5.74, 6) is -0.0481. The fourth-order valence-electron chi connectivity index (χ4n) is 3.73. The number of hydrogen-bond acceptors (Lipinski definition) is 3. The minimum atomic E-state index is -0.0741. The molecule has 4 heteroatoms. The molecule has 0 unspecified atom stereocenters. The van der Waals surface area contributed by atoms with Crippen LogP contribution in [0.2, 0.25) is 0 Å². The second kappa shape index (κ2) is 8.66. The minimum absolute atomic E-state index is 0.0481. The number of carbonyl (C=O) groups excluding carboxylic acids is 1. The van der Waals surface area contributed by atoms with E-state index in [1.54, 1.807) is 11.8 Å². The molecule has 0 radical (unpaired) electrons. The summed E-state index contributed by atoms with van der Waals surface area (Å²) in [4.78, 5) is 19.4. The van der Waals surface area contributed by atoms with Crippen molar-refractivity contribution >= 4 is 23.7 Å². The molecule has 1 aromatic heterocycles. The molecule has 1 heterocycles. The number of nitrogens with zero attached hydrogens (tertiary/aromatic N) is 1. The summed E-state index contributed by atoms with van der Waals surface area (Å²) >= 11 is 1.58. The molecule has 0 saturated heterocycles. The van der Waals surface area contributed by atoms with E-state index in [1.165, 1.54) is 0 Å². The van der Waals surface area contributed by atoms with Crippen LogP contribution in [-0.2, 0) is 6.42 Å². The van der Waals surface area contributed by atoms with Crippen LogP contribution in [0.5, 0.6) is 0 Å². The summed E-state index contributed by atoms with van der Waals surface area (Å²) in [5.41, 5.74) is 5.72. The molecule has 0 bridgehead atoms. The van der Waals surface area contributed by atoms with Gasteiger partial charge in [-0.3, -0.25) is 9.78 Å². The van der Waals surface area contributed by atoms with Gasteiger partial charge < -0.3 is 5.32 Å². The van der Waals surface area contributed by atoms with Gasteiger partial charge >= 0.3 is 0 Å². The van der Waals surface area contributed by atoms with Crippen LogP contribution in [0.25, 0.3) is 17.3 Å². The summed E-state index contributed by atoms with van der Waals surface area (Å²) in [6.45, 7) is 2.02. The lowest BCUT2D eigenvalue weighted by molar-refractivity contribution is 0.0936. The quantitative estimate of drug-likeness (QED) is 0.541. The van der Waals surface area contributed by atoms with E-state index in [0.29, 0.717) is 0 Å². The predicted molar refractivity (Wildman–Crippen MR) is 121 cm³/mol. The number of rotatable bonds is 5. The van der Waals surface area contributed by atoms with Gasteiger partial charge in [-0.15, -0.1) is 11.8 Å². The first-order chi connectivity index (χ1) is 14.2. The highest BCUT2D eigenvalue weighted by molar-refractivity contribution is 7.98. The third-order valence-electron chi connectivity index (χ3n) is 5.23. The first kappa shape index (κ1) is 19.5. The molecule has 4 rings (SSSR count). The van der Waals surface area contributed by atoms with Crippen molar-refractivity contribution in [2.45, 2.75) is 30.7 Å². The average molecular weight is 401 g/mol. The third-order valence-corrected chi connectivity index (χ3v) is 6.03. The highest BCUT2D eigenvalue weighted by Crippen LogP contribution is 2.37. The van der Waals surface area contributed by atoms with Crippen LogP contribution in [-0.4, -0.2) is 17.1 Å². The molecule has 2 aromatic carbocycles. The second-order valence-corrected chi connectivity index (χ2v) is 7.96. The van der Waals surface area contributed by atoms with Crippen molar-refractivity contribution in [1.82, 2.24) is 10.3 Å². The maximum Gasteiger partial charge on any atom is 0.253 e. The molecule has 146 valence electrons. The largest absolute Gasteiger partial charge is 0.345 e. The number of carbonyl (C=O) groups is 1. The van der Waals surface area contributed by atoms with E-state index in [9.17, 15) is 4.79 Å². The zero-order chi connectivity index (χ0) is 20.2. The Morgan fingerprint density at radius 1 is 1.07 bits per heavy atom. The summed E-state index contributed by atoms with van der Waals surface area (Å²) in [5, 5.41) is 3.20. The Bertz CT molecular complexity index is 1050. The lowest BCUT2D eigenvalue weighted by Gasteiger charge is -2.22. The lowest BCUT2D eigenvalue weighted by atomic mass is 9.95. The molecule has 0 saturated carbocycles. The van der Waals surface area contributed by atoms with Gasteiger partial charge in [0.2, 0.25) is 0 Å². The van der Waals surface area contributed by atoms with E-state index in [1.807, 2.05) is 61.7 Å². The summed E-state index contributed by atoms with van der Waals surface area (Å²) in [7, 11) is 0. The van der Waals surface area contributed by atoms with Crippen molar-refractivity contribution in [3.8, 4) is 11.3 Å². The zero-order valence-electron chi connectivity index (χ0n) is 16.7. The van der Waals surface area contributed by atoms with Crippen molar-refractivity contribution in [3.05, 3.63) is 89.1 Å². The number of hydrogen-bond donors (Lipinski definition) is 1. The average Bonchev–Trinajstić information content (AvgIpc) is 2.78. The number of allylic oxidation sites excluding steroid dienone is 1. The number of aromatic nitrogens is 1. The van der Waals surface area contributed by atoms with Gasteiger partial charge in [-0.2, -0.15) is 0 Å². The van der Waals surface area contributed by atoms with Gasteiger partial charge in [-0.1, -0.05) is 72.8 Å². The molecule has 0 fully saturated rings. The molecular weight excluding hydrogens is 376 g/mol. The van der Waals surface area contributed by atoms with E-state index < -0.39 is 0 Å². The molecule has 1 aliphatic rings. The maximum atomic E-state index is 13.5. The Hall–Kier alpha value is -2.85. The van der Waals surface area contributed by atoms with E-state index in [4.69, 9.17) is 4.98 Å². The van der Waals surface area contributed by atoms with E-state index >= 15 is 0 Å². The van der Waals surface area contributed by atoms with Crippen LogP contribution >= 0.6 is 11.8 Å². The van der Waals surface area contributed by atoms with Gasteiger partial charge in [0.1, 0.15) is 0 Å². The number of thioether (sulfide) groups is 1. The molecule has 3 aromatic rings. The third kappa shape index (κ3) is 3.99. The number of amides is 1. The fourth-order valence-corrected chi connectivity index (χ4v) is 4.50. The Labute approximate surface area is 176 Å². The molecule has 1 atom stereocenters. The topological polar surface area (TPSA) is 42.0 Å². The first-order valence-electron chi connectivity index (χ1n) is 9.87. The number of nitrogens with one attached hydrogen (secondary N) is 1. The highest BCUT2D eigenvalue weighted by Gasteiger charge is 2.25. The zero-order valence-corrected chi connectivity index (χ0v) is 17.5. The van der Waals surface area contributed by atoms with Crippen molar-refractivity contribution in [1.29, 1.82) is 0 Å². The predicted octanol–water partition coefficient (Wildman–Crippen LogP) is 5.92. The summed E-state index contributed by atoms with van der Waals surface area (Å²) in [6.07, 6.45) is 8.01. The number of pyridine rings is 1. The van der Waals surface area contributed by atoms with Crippen LogP contribution < -0.4 is 5.32 Å². The molecule has 0 spiro atoms. The summed E-state index contributed by atoms with van der Waals surface area (Å²) < 4.78 is 0. The molecular formula is C25H24N2OS. The Morgan fingerprint density at radius 3 is 2.45 bits per heavy atom. The van der Waals surface area contributed by atoms with Crippen LogP contribution in [0.3, 0.4) is 0 Å². The van der Waals surface area contributed by atoms with Crippen molar-refractivity contribution < 1.29 is 4.79 Å². The van der Waals surface area contributed by atoms with Crippen LogP contribution in [0.4, 0.5) is 0 Å². The van der Waals surface area contributed by atoms with Gasteiger partial charge in [0.25, 0.3) is 5.91 Å². The SMILES string of the molecule is CSc1c(-c2ccccc2)nc2c(c1C(=O)N[C@@H](C)c1ccccc1)C=CCC2. The second-order valence-electron chi connectivity index (χ2n) is 7.14. The monoisotopic (exact) mass is 400 g/mol.